The Hall–Kier alpha value is -2.77. The van der Waals surface area contributed by atoms with E-state index in [0.717, 1.165) is 18.7 Å². The smallest absolute Gasteiger partial charge is 0.257 e. The number of morpholine rings is 1. The summed E-state index contributed by atoms with van der Waals surface area (Å²) < 4.78 is 16.9. The average molecular weight is 412 g/mol. The van der Waals surface area contributed by atoms with Crippen LogP contribution in [0.3, 0.4) is 0 Å². The molecule has 0 unspecified atom stereocenters. The first kappa shape index (κ1) is 20.5. The van der Waals surface area contributed by atoms with E-state index in [0.29, 0.717) is 56.5 Å². The molecule has 0 spiro atoms. The number of para-hydroxylation sites is 2. The predicted molar refractivity (Wildman–Crippen MR) is 112 cm³/mol. The standard InChI is InChI=1S/C23H28N2O5/c1-2-29-21-9-5-6-17(22(21)26)14-24-15-18(16-24)30-20-8-4-3-7-19(20)23(27)25-10-12-28-13-11-25/h3-9,18,26H,2,10-16H2,1H3. The van der Waals surface area contributed by atoms with Crippen molar-refractivity contribution in [3.63, 3.8) is 0 Å². The quantitative estimate of drug-likeness (QED) is 0.754. The highest BCUT2D eigenvalue weighted by Gasteiger charge is 2.31. The van der Waals surface area contributed by atoms with Gasteiger partial charge in [-0.3, -0.25) is 9.69 Å². The van der Waals surface area contributed by atoms with Crippen molar-refractivity contribution in [3.05, 3.63) is 53.6 Å². The van der Waals surface area contributed by atoms with E-state index < -0.39 is 0 Å². The number of carbonyl (C=O) groups excluding carboxylic acids is 1. The first-order valence-corrected chi connectivity index (χ1v) is 10.4. The Morgan fingerprint density at radius 1 is 1.10 bits per heavy atom. The Balaban J connectivity index is 1.35. The predicted octanol–water partition coefficient (Wildman–Crippen LogP) is 2.53. The van der Waals surface area contributed by atoms with Crippen LogP contribution in [0.2, 0.25) is 0 Å². The minimum absolute atomic E-state index is 0.0114. The average Bonchev–Trinajstić information content (AvgIpc) is 2.75. The molecular formula is C23H28N2O5. The number of phenols is 1. The molecule has 2 aliphatic rings. The highest BCUT2D eigenvalue weighted by molar-refractivity contribution is 5.97. The van der Waals surface area contributed by atoms with Gasteiger partial charge in [-0.15, -0.1) is 0 Å². The molecule has 7 heteroatoms. The SMILES string of the molecule is CCOc1cccc(CN2CC(Oc3ccccc3C(=O)N3CCOCC3)C2)c1O. The molecule has 1 amide bonds. The van der Waals surface area contributed by atoms with Crippen molar-refractivity contribution >= 4 is 5.91 Å². The number of likely N-dealkylation sites (tertiary alicyclic amines) is 1. The van der Waals surface area contributed by atoms with E-state index in [2.05, 4.69) is 4.90 Å². The zero-order valence-corrected chi connectivity index (χ0v) is 17.3. The van der Waals surface area contributed by atoms with Crippen LogP contribution in [0.4, 0.5) is 0 Å². The summed E-state index contributed by atoms with van der Waals surface area (Å²) in [4.78, 5) is 16.9. The van der Waals surface area contributed by atoms with E-state index in [1.807, 2.05) is 48.2 Å². The molecule has 2 heterocycles. The van der Waals surface area contributed by atoms with Crippen LogP contribution in [0.1, 0.15) is 22.8 Å². The van der Waals surface area contributed by atoms with E-state index in [9.17, 15) is 9.90 Å². The monoisotopic (exact) mass is 412 g/mol. The molecule has 0 aliphatic carbocycles. The van der Waals surface area contributed by atoms with Crippen molar-refractivity contribution in [1.82, 2.24) is 9.80 Å². The van der Waals surface area contributed by atoms with Crippen LogP contribution in [0, 0.1) is 0 Å². The summed E-state index contributed by atoms with van der Waals surface area (Å²) in [6.07, 6.45) is 0.0147. The topological polar surface area (TPSA) is 71.5 Å². The number of phenolic OH excluding ortho intramolecular Hbond substituents is 1. The summed E-state index contributed by atoms with van der Waals surface area (Å²) in [5.74, 6) is 1.33. The van der Waals surface area contributed by atoms with Crippen LogP contribution >= 0.6 is 0 Å². The maximum Gasteiger partial charge on any atom is 0.257 e. The van der Waals surface area contributed by atoms with Crippen molar-refractivity contribution < 1.29 is 24.1 Å². The fourth-order valence-corrected chi connectivity index (χ4v) is 3.80. The van der Waals surface area contributed by atoms with Gasteiger partial charge < -0.3 is 24.2 Å². The van der Waals surface area contributed by atoms with Gasteiger partial charge in [0.2, 0.25) is 0 Å². The van der Waals surface area contributed by atoms with Gasteiger partial charge in [-0.2, -0.15) is 0 Å². The second kappa shape index (κ2) is 9.36. The number of ether oxygens (including phenoxy) is 3. The summed E-state index contributed by atoms with van der Waals surface area (Å²) in [5, 5.41) is 10.4. The lowest BCUT2D eigenvalue weighted by Gasteiger charge is -2.39. The van der Waals surface area contributed by atoms with Gasteiger partial charge in [0.15, 0.2) is 11.5 Å². The van der Waals surface area contributed by atoms with Crippen LogP contribution in [-0.4, -0.2) is 72.9 Å². The van der Waals surface area contributed by atoms with Crippen LogP contribution in [0.25, 0.3) is 0 Å². The molecule has 2 saturated heterocycles. The molecular weight excluding hydrogens is 384 g/mol. The Morgan fingerprint density at radius 2 is 1.83 bits per heavy atom. The van der Waals surface area contributed by atoms with Gasteiger partial charge in [0.1, 0.15) is 11.9 Å². The van der Waals surface area contributed by atoms with Gasteiger partial charge in [-0.1, -0.05) is 24.3 Å². The molecule has 30 heavy (non-hydrogen) atoms. The molecule has 2 aromatic rings. The van der Waals surface area contributed by atoms with E-state index >= 15 is 0 Å². The Labute approximate surface area is 176 Å². The highest BCUT2D eigenvalue weighted by atomic mass is 16.5. The molecule has 0 bridgehead atoms. The van der Waals surface area contributed by atoms with Crippen LogP contribution < -0.4 is 9.47 Å². The number of benzene rings is 2. The molecule has 4 rings (SSSR count). The number of aromatic hydroxyl groups is 1. The number of carbonyl (C=O) groups is 1. The third kappa shape index (κ3) is 4.52. The Morgan fingerprint density at radius 3 is 2.60 bits per heavy atom. The lowest BCUT2D eigenvalue weighted by atomic mass is 10.1. The van der Waals surface area contributed by atoms with Crippen molar-refractivity contribution in [2.75, 3.05) is 46.0 Å². The van der Waals surface area contributed by atoms with E-state index in [4.69, 9.17) is 14.2 Å². The second-order valence-corrected chi connectivity index (χ2v) is 7.53. The first-order valence-electron chi connectivity index (χ1n) is 10.4. The largest absolute Gasteiger partial charge is 0.504 e. The van der Waals surface area contributed by atoms with Crippen molar-refractivity contribution in [3.8, 4) is 17.2 Å². The lowest BCUT2D eigenvalue weighted by molar-refractivity contribution is 0.0121. The van der Waals surface area contributed by atoms with Gasteiger partial charge in [0.25, 0.3) is 5.91 Å². The van der Waals surface area contributed by atoms with Crippen molar-refractivity contribution in [2.24, 2.45) is 0 Å². The fourth-order valence-electron chi connectivity index (χ4n) is 3.80. The van der Waals surface area contributed by atoms with Gasteiger partial charge in [-0.25, -0.2) is 0 Å². The summed E-state index contributed by atoms with van der Waals surface area (Å²) in [6, 6.07) is 13.0. The van der Waals surface area contributed by atoms with Crippen molar-refractivity contribution in [2.45, 2.75) is 19.6 Å². The molecule has 0 atom stereocenters. The zero-order valence-electron chi connectivity index (χ0n) is 17.3. The first-order chi connectivity index (χ1) is 14.7. The number of nitrogens with zero attached hydrogens (tertiary/aromatic N) is 2. The van der Waals surface area contributed by atoms with E-state index in [-0.39, 0.29) is 17.8 Å². The summed E-state index contributed by atoms with van der Waals surface area (Å²) in [6.45, 7) is 6.86. The molecule has 0 aromatic heterocycles. The molecule has 2 fully saturated rings. The highest BCUT2D eigenvalue weighted by Crippen LogP contribution is 2.32. The molecule has 0 radical (unpaired) electrons. The maximum atomic E-state index is 12.9. The van der Waals surface area contributed by atoms with Gasteiger partial charge >= 0.3 is 0 Å². The summed E-state index contributed by atoms with van der Waals surface area (Å²) in [5.41, 5.74) is 1.43. The van der Waals surface area contributed by atoms with Crippen LogP contribution in [-0.2, 0) is 11.3 Å². The van der Waals surface area contributed by atoms with Gasteiger partial charge in [0, 0.05) is 38.3 Å². The molecule has 7 nitrogen and oxygen atoms in total. The maximum absolute atomic E-state index is 12.9. The minimum Gasteiger partial charge on any atom is -0.504 e. The normalized spacial score (nSPS) is 17.4. The minimum atomic E-state index is -0.0114. The van der Waals surface area contributed by atoms with Crippen molar-refractivity contribution in [1.29, 1.82) is 0 Å². The van der Waals surface area contributed by atoms with E-state index in [1.165, 1.54) is 0 Å². The second-order valence-electron chi connectivity index (χ2n) is 7.53. The number of hydrogen-bond acceptors (Lipinski definition) is 6. The Bertz CT molecular complexity index is 876. The lowest BCUT2D eigenvalue weighted by Crippen LogP contribution is -2.53. The van der Waals surface area contributed by atoms with Gasteiger partial charge in [0.05, 0.1) is 25.4 Å². The Kier molecular flexibility index (Phi) is 6.40. The summed E-state index contributed by atoms with van der Waals surface area (Å²) >= 11 is 0. The zero-order chi connectivity index (χ0) is 20.9. The summed E-state index contributed by atoms with van der Waals surface area (Å²) in [7, 11) is 0. The van der Waals surface area contributed by atoms with Gasteiger partial charge in [-0.05, 0) is 25.1 Å². The third-order valence-corrected chi connectivity index (χ3v) is 5.41. The number of hydrogen-bond donors (Lipinski definition) is 1. The van der Waals surface area contributed by atoms with Crippen LogP contribution in [0.5, 0.6) is 17.2 Å². The fraction of sp³-hybridized carbons (Fsp3) is 0.435. The molecule has 1 N–H and O–H groups in total. The number of amides is 1. The molecule has 160 valence electrons. The molecule has 2 aromatic carbocycles. The van der Waals surface area contributed by atoms with E-state index in [1.54, 1.807) is 6.07 Å². The molecule has 2 aliphatic heterocycles. The third-order valence-electron chi connectivity index (χ3n) is 5.41. The van der Waals surface area contributed by atoms with Crippen LogP contribution in [0.15, 0.2) is 42.5 Å². The molecule has 0 saturated carbocycles. The number of rotatable bonds is 7.